The molecule has 0 amide bonds. The van der Waals surface area contributed by atoms with Crippen LogP contribution in [0.4, 0.5) is 5.69 Å². The van der Waals surface area contributed by atoms with Gasteiger partial charge in [-0.05, 0) is 12.1 Å². The Balaban J connectivity index is 2.31. The van der Waals surface area contributed by atoms with Gasteiger partial charge in [0.1, 0.15) is 5.75 Å². The van der Waals surface area contributed by atoms with Gasteiger partial charge >= 0.3 is 6.01 Å². The van der Waals surface area contributed by atoms with Crippen LogP contribution in [0.1, 0.15) is 0 Å². The molecule has 0 unspecified atom stereocenters. The molecule has 1 aromatic heterocycles. The fourth-order valence-corrected chi connectivity index (χ4v) is 1.88. The van der Waals surface area contributed by atoms with Crippen LogP contribution in [0.25, 0.3) is 0 Å². The Labute approximate surface area is 118 Å². The number of nitrogens with zero attached hydrogens (tertiary/aromatic N) is 2. The van der Waals surface area contributed by atoms with Gasteiger partial charge in [-0.2, -0.15) is 9.97 Å². The second kappa shape index (κ2) is 5.75. The van der Waals surface area contributed by atoms with E-state index in [0.29, 0.717) is 23.2 Å². The summed E-state index contributed by atoms with van der Waals surface area (Å²) in [5.41, 5.74) is 6.29. The molecule has 2 aromatic rings. The maximum atomic E-state index is 5.73. The van der Waals surface area contributed by atoms with E-state index in [9.17, 15) is 0 Å². The molecule has 1 heterocycles. The van der Waals surface area contributed by atoms with Crippen LogP contribution in [0, 0.1) is 0 Å². The number of hydrogen-bond acceptors (Lipinski definition) is 6. The van der Waals surface area contributed by atoms with Crippen LogP contribution >= 0.6 is 15.9 Å². The second-order valence-electron chi connectivity index (χ2n) is 3.56. The van der Waals surface area contributed by atoms with E-state index >= 15 is 0 Å². The van der Waals surface area contributed by atoms with Crippen LogP contribution < -0.4 is 19.9 Å². The molecule has 0 saturated heterocycles. The van der Waals surface area contributed by atoms with Gasteiger partial charge in [-0.15, -0.1) is 0 Å². The highest BCUT2D eigenvalue weighted by molar-refractivity contribution is 9.10. The molecule has 0 fully saturated rings. The summed E-state index contributed by atoms with van der Waals surface area (Å²) in [4.78, 5) is 8.13. The minimum Gasteiger partial charge on any atom is -0.481 e. The fourth-order valence-electron chi connectivity index (χ4n) is 1.39. The van der Waals surface area contributed by atoms with Gasteiger partial charge in [0.25, 0.3) is 0 Å². The summed E-state index contributed by atoms with van der Waals surface area (Å²) in [7, 11) is 3.01. The maximum Gasteiger partial charge on any atom is 0.328 e. The van der Waals surface area contributed by atoms with Crippen molar-refractivity contribution in [3.63, 3.8) is 0 Å². The number of nitrogen functional groups attached to an aromatic ring is 1. The highest BCUT2D eigenvalue weighted by Gasteiger charge is 2.08. The Morgan fingerprint density at radius 2 is 1.63 bits per heavy atom. The molecule has 0 aliphatic heterocycles. The first kappa shape index (κ1) is 13.4. The summed E-state index contributed by atoms with van der Waals surface area (Å²) in [5, 5.41) is 0. The summed E-state index contributed by atoms with van der Waals surface area (Å²) in [6.45, 7) is 0. The fraction of sp³-hybridized carbons (Fsp3) is 0.167. The lowest BCUT2D eigenvalue weighted by Crippen LogP contribution is -1.98. The second-order valence-corrected chi connectivity index (χ2v) is 4.47. The summed E-state index contributed by atoms with van der Waals surface area (Å²) < 4.78 is 16.4. The van der Waals surface area contributed by atoms with Crippen molar-refractivity contribution < 1.29 is 14.2 Å². The van der Waals surface area contributed by atoms with Gasteiger partial charge in [-0.25, -0.2) is 0 Å². The van der Waals surface area contributed by atoms with E-state index in [2.05, 4.69) is 25.9 Å². The number of anilines is 1. The number of aromatic nitrogens is 2. The summed E-state index contributed by atoms with van der Waals surface area (Å²) in [6.07, 6.45) is 0. The molecular weight excluding hydrogens is 314 g/mol. The van der Waals surface area contributed by atoms with Crippen LogP contribution in [0.15, 0.2) is 28.7 Å². The summed E-state index contributed by atoms with van der Waals surface area (Å²) >= 11 is 3.33. The lowest BCUT2D eigenvalue weighted by molar-refractivity contribution is 0.348. The van der Waals surface area contributed by atoms with Gasteiger partial charge < -0.3 is 19.9 Å². The minimum absolute atomic E-state index is 0.119. The third-order valence-electron chi connectivity index (χ3n) is 2.18. The van der Waals surface area contributed by atoms with Crippen LogP contribution in [0.3, 0.4) is 0 Å². The van der Waals surface area contributed by atoms with E-state index in [1.807, 2.05) is 0 Å². The summed E-state index contributed by atoms with van der Waals surface area (Å²) in [6, 6.07) is 6.86. The molecule has 1 aromatic carbocycles. The molecule has 0 atom stereocenters. The Morgan fingerprint density at radius 1 is 1.00 bits per heavy atom. The SMILES string of the molecule is COc1cc(OC)nc(Oc2cc(N)cc(Br)c2)n1. The number of ether oxygens (including phenoxy) is 3. The lowest BCUT2D eigenvalue weighted by Gasteiger charge is -2.08. The molecule has 0 aliphatic rings. The van der Waals surface area contributed by atoms with E-state index in [1.54, 1.807) is 24.3 Å². The molecular formula is C12H12BrN3O3. The van der Waals surface area contributed by atoms with Crippen LogP contribution in [-0.4, -0.2) is 24.2 Å². The zero-order valence-corrected chi connectivity index (χ0v) is 12.0. The van der Waals surface area contributed by atoms with Gasteiger partial charge in [0.2, 0.25) is 11.8 Å². The Bertz CT molecular complexity index is 550. The first-order valence-electron chi connectivity index (χ1n) is 5.31. The van der Waals surface area contributed by atoms with Crippen molar-refractivity contribution in [1.29, 1.82) is 0 Å². The molecule has 0 bridgehead atoms. The van der Waals surface area contributed by atoms with Crippen molar-refractivity contribution in [3.8, 4) is 23.5 Å². The van der Waals surface area contributed by atoms with Gasteiger partial charge in [0.05, 0.1) is 20.3 Å². The largest absolute Gasteiger partial charge is 0.481 e. The average Bonchev–Trinajstić information content (AvgIpc) is 2.37. The highest BCUT2D eigenvalue weighted by atomic mass is 79.9. The van der Waals surface area contributed by atoms with E-state index in [1.165, 1.54) is 14.2 Å². The van der Waals surface area contributed by atoms with Crippen molar-refractivity contribution in [2.24, 2.45) is 0 Å². The number of nitrogens with two attached hydrogens (primary N) is 1. The van der Waals surface area contributed by atoms with Crippen molar-refractivity contribution in [3.05, 3.63) is 28.7 Å². The molecule has 19 heavy (non-hydrogen) atoms. The van der Waals surface area contributed by atoms with Crippen LogP contribution in [-0.2, 0) is 0 Å². The highest BCUT2D eigenvalue weighted by Crippen LogP contribution is 2.27. The molecule has 2 N–H and O–H groups in total. The monoisotopic (exact) mass is 325 g/mol. The number of rotatable bonds is 4. The first-order chi connectivity index (χ1) is 9.10. The minimum atomic E-state index is 0.119. The molecule has 0 aliphatic carbocycles. The molecule has 7 heteroatoms. The molecule has 0 saturated carbocycles. The van der Waals surface area contributed by atoms with E-state index in [4.69, 9.17) is 19.9 Å². The summed E-state index contributed by atoms with van der Waals surface area (Å²) in [5.74, 6) is 1.22. The lowest BCUT2D eigenvalue weighted by atomic mass is 10.3. The standard InChI is InChI=1S/C12H12BrN3O3/c1-17-10-6-11(18-2)16-12(15-10)19-9-4-7(13)3-8(14)5-9/h3-6H,14H2,1-2H3. The number of methoxy groups -OCH3 is 2. The Morgan fingerprint density at radius 3 is 2.16 bits per heavy atom. The maximum absolute atomic E-state index is 5.73. The molecule has 0 spiro atoms. The van der Waals surface area contributed by atoms with Crippen molar-refractivity contribution >= 4 is 21.6 Å². The van der Waals surface area contributed by atoms with Crippen LogP contribution in [0.2, 0.25) is 0 Å². The van der Waals surface area contributed by atoms with Crippen molar-refractivity contribution in [2.45, 2.75) is 0 Å². The number of benzene rings is 1. The normalized spacial score (nSPS) is 10.1. The van der Waals surface area contributed by atoms with Crippen LogP contribution in [0.5, 0.6) is 23.5 Å². The zero-order chi connectivity index (χ0) is 13.8. The number of hydrogen-bond donors (Lipinski definition) is 1. The smallest absolute Gasteiger partial charge is 0.328 e. The topological polar surface area (TPSA) is 79.5 Å². The molecule has 0 radical (unpaired) electrons. The Kier molecular flexibility index (Phi) is 4.06. The zero-order valence-electron chi connectivity index (χ0n) is 10.4. The van der Waals surface area contributed by atoms with E-state index in [0.717, 1.165) is 4.47 Å². The van der Waals surface area contributed by atoms with Crippen molar-refractivity contribution in [2.75, 3.05) is 20.0 Å². The quantitative estimate of drug-likeness (QED) is 0.870. The van der Waals surface area contributed by atoms with E-state index in [-0.39, 0.29) is 6.01 Å². The van der Waals surface area contributed by atoms with Gasteiger partial charge in [0, 0.05) is 16.2 Å². The van der Waals surface area contributed by atoms with Crippen molar-refractivity contribution in [1.82, 2.24) is 9.97 Å². The molecule has 6 nitrogen and oxygen atoms in total. The van der Waals surface area contributed by atoms with Gasteiger partial charge in [0.15, 0.2) is 0 Å². The van der Waals surface area contributed by atoms with Gasteiger partial charge in [-0.3, -0.25) is 0 Å². The Hall–Kier alpha value is -2.02. The predicted octanol–water partition coefficient (Wildman–Crippen LogP) is 2.63. The molecule has 100 valence electrons. The van der Waals surface area contributed by atoms with Gasteiger partial charge in [-0.1, -0.05) is 15.9 Å². The number of halogens is 1. The average molecular weight is 326 g/mol. The molecule has 2 rings (SSSR count). The third-order valence-corrected chi connectivity index (χ3v) is 2.64. The first-order valence-corrected chi connectivity index (χ1v) is 6.11. The third kappa shape index (κ3) is 3.47. The van der Waals surface area contributed by atoms with E-state index < -0.39 is 0 Å². The predicted molar refractivity (Wildman–Crippen MR) is 73.8 cm³/mol.